The van der Waals surface area contributed by atoms with E-state index in [9.17, 15) is 13.2 Å². The normalized spacial score (nSPS) is 11.5. The van der Waals surface area contributed by atoms with Crippen molar-refractivity contribution >= 4 is 10.0 Å². The van der Waals surface area contributed by atoms with E-state index < -0.39 is 15.8 Å². The van der Waals surface area contributed by atoms with E-state index in [-0.39, 0.29) is 11.4 Å². The van der Waals surface area contributed by atoms with Crippen LogP contribution in [-0.2, 0) is 15.8 Å². The molecule has 0 spiro atoms. The second-order valence-electron chi connectivity index (χ2n) is 2.64. The van der Waals surface area contributed by atoms with Gasteiger partial charge in [-0.3, -0.25) is 4.79 Å². The molecule has 0 fully saturated rings. The largest absolute Gasteiger partial charge is 0.310 e. The molecule has 0 unspecified atom stereocenters. The molecule has 0 aliphatic rings. The molecule has 1 heterocycles. The summed E-state index contributed by atoms with van der Waals surface area (Å²) in [6.07, 6.45) is 0. The Balaban J connectivity index is 3.10. The number of aromatic amines is 1. The molecule has 13 heavy (non-hydrogen) atoms. The average molecular weight is 203 g/mol. The highest BCUT2D eigenvalue weighted by molar-refractivity contribution is 7.88. The number of primary sulfonamides is 1. The Labute approximate surface area is 74.9 Å². The minimum Gasteiger partial charge on any atom is -0.310 e. The van der Waals surface area contributed by atoms with Crippen LogP contribution in [0.3, 0.4) is 0 Å². The minimum absolute atomic E-state index is 0.0625. The van der Waals surface area contributed by atoms with Crippen LogP contribution in [0.4, 0.5) is 0 Å². The number of rotatable bonds is 2. The van der Waals surface area contributed by atoms with Crippen LogP contribution >= 0.6 is 0 Å². The molecule has 7 heteroatoms. The van der Waals surface area contributed by atoms with Crippen molar-refractivity contribution in [3.8, 4) is 0 Å². The first-order valence-corrected chi connectivity index (χ1v) is 5.16. The lowest BCUT2D eigenvalue weighted by atomic mass is 10.4. The van der Waals surface area contributed by atoms with E-state index in [4.69, 9.17) is 5.14 Å². The standard InChI is InChI=1S/C6H9N3O3S/c1-4-2-6(10)9-5(8-4)3-13(7,11)12/h2H,3H2,1H3,(H2,7,11,12)(H,8,9,10). The van der Waals surface area contributed by atoms with Gasteiger partial charge in [-0.15, -0.1) is 0 Å². The Hall–Kier alpha value is -1.21. The van der Waals surface area contributed by atoms with E-state index >= 15 is 0 Å². The fourth-order valence-electron chi connectivity index (χ4n) is 0.900. The van der Waals surface area contributed by atoms with Crippen molar-refractivity contribution in [1.29, 1.82) is 0 Å². The van der Waals surface area contributed by atoms with E-state index in [0.29, 0.717) is 5.69 Å². The van der Waals surface area contributed by atoms with E-state index in [1.54, 1.807) is 6.92 Å². The third-order valence-electron chi connectivity index (χ3n) is 1.26. The third-order valence-corrected chi connectivity index (χ3v) is 1.93. The number of nitrogens with two attached hydrogens (primary N) is 1. The molecule has 6 nitrogen and oxygen atoms in total. The van der Waals surface area contributed by atoms with Crippen molar-refractivity contribution in [2.45, 2.75) is 12.7 Å². The number of nitrogens with zero attached hydrogens (tertiary/aromatic N) is 1. The Morgan fingerprint density at radius 2 is 2.23 bits per heavy atom. The second-order valence-corrected chi connectivity index (χ2v) is 4.26. The summed E-state index contributed by atoms with van der Waals surface area (Å²) in [5, 5.41) is 4.78. The molecule has 0 aliphatic carbocycles. The van der Waals surface area contributed by atoms with Gasteiger partial charge in [0.1, 0.15) is 11.6 Å². The predicted octanol–water partition coefficient (Wildman–Crippen LogP) is -1.13. The Morgan fingerprint density at radius 1 is 1.62 bits per heavy atom. The second kappa shape index (κ2) is 3.27. The maximum atomic E-state index is 10.9. The first kappa shape index (κ1) is 9.87. The van der Waals surface area contributed by atoms with Crippen molar-refractivity contribution < 1.29 is 8.42 Å². The van der Waals surface area contributed by atoms with Crippen LogP contribution in [0, 0.1) is 6.92 Å². The lowest BCUT2D eigenvalue weighted by Gasteiger charge is -1.98. The molecular formula is C6H9N3O3S. The van der Waals surface area contributed by atoms with E-state index in [1.807, 2.05) is 0 Å². The van der Waals surface area contributed by atoms with Gasteiger partial charge >= 0.3 is 0 Å². The zero-order valence-corrected chi connectivity index (χ0v) is 7.76. The van der Waals surface area contributed by atoms with E-state index in [1.165, 1.54) is 6.07 Å². The smallest absolute Gasteiger partial charge is 0.251 e. The molecule has 3 N–H and O–H groups in total. The molecule has 0 bridgehead atoms. The van der Waals surface area contributed by atoms with Gasteiger partial charge in [-0.05, 0) is 6.92 Å². The van der Waals surface area contributed by atoms with Crippen LogP contribution in [0.5, 0.6) is 0 Å². The summed E-state index contributed by atoms with van der Waals surface area (Å²) in [6.45, 7) is 1.60. The summed E-state index contributed by atoms with van der Waals surface area (Å²) < 4.78 is 21.3. The molecule has 1 aromatic rings. The maximum Gasteiger partial charge on any atom is 0.251 e. The summed E-state index contributed by atoms with van der Waals surface area (Å²) in [4.78, 5) is 16.9. The summed E-state index contributed by atoms with van der Waals surface area (Å²) in [7, 11) is -3.64. The summed E-state index contributed by atoms with van der Waals surface area (Å²) in [6, 6.07) is 1.27. The number of aryl methyl sites for hydroxylation is 1. The van der Waals surface area contributed by atoms with Gasteiger partial charge in [0.05, 0.1) is 0 Å². The Bertz CT molecular complexity index is 462. The molecule has 1 aromatic heterocycles. The fraction of sp³-hybridized carbons (Fsp3) is 0.333. The Morgan fingerprint density at radius 3 is 2.69 bits per heavy atom. The quantitative estimate of drug-likeness (QED) is 0.634. The van der Waals surface area contributed by atoms with Crippen LogP contribution in [-0.4, -0.2) is 18.4 Å². The lowest BCUT2D eigenvalue weighted by molar-refractivity contribution is 0.595. The van der Waals surface area contributed by atoms with Gasteiger partial charge in [-0.2, -0.15) is 0 Å². The molecule has 0 saturated carbocycles. The van der Waals surface area contributed by atoms with Gasteiger partial charge in [0.2, 0.25) is 10.0 Å². The van der Waals surface area contributed by atoms with Crippen molar-refractivity contribution in [2.75, 3.05) is 0 Å². The highest BCUT2D eigenvalue weighted by Crippen LogP contribution is 1.94. The zero-order chi connectivity index (χ0) is 10.1. The minimum atomic E-state index is -3.64. The monoisotopic (exact) mass is 203 g/mol. The molecule has 0 aliphatic heterocycles. The van der Waals surface area contributed by atoms with Gasteiger partial charge in [-0.1, -0.05) is 0 Å². The fourth-order valence-corrected chi connectivity index (χ4v) is 1.42. The first-order chi connectivity index (χ1) is 5.87. The SMILES string of the molecule is Cc1cc(=O)[nH]c(CS(N)(=O)=O)n1. The van der Waals surface area contributed by atoms with Crippen LogP contribution in [0.15, 0.2) is 10.9 Å². The van der Waals surface area contributed by atoms with Crippen LogP contribution in [0.1, 0.15) is 11.5 Å². The highest BCUT2D eigenvalue weighted by atomic mass is 32.2. The molecule has 0 radical (unpaired) electrons. The van der Waals surface area contributed by atoms with Gasteiger partial charge < -0.3 is 4.98 Å². The maximum absolute atomic E-state index is 10.9. The molecule has 1 rings (SSSR count). The topological polar surface area (TPSA) is 106 Å². The number of sulfonamides is 1. The number of hydrogen-bond donors (Lipinski definition) is 2. The van der Waals surface area contributed by atoms with Gasteiger partial charge in [-0.25, -0.2) is 18.5 Å². The van der Waals surface area contributed by atoms with Crippen molar-refractivity contribution in [1.82, 2.24) is 9.97 Å². The third kappa shape index (κ3) is 3.34. The molecule has 0 saturated heterocycles. The average Bonchev–Trinajstić information content (AvgIpc) is 1.78. The summed E-state index contributed by atoms with van der Waals surface area (Å²) >= 11 is 0. The number of nitrogens with one attached hydrogen (secondary N) is 1. The van der Waals surface area contributed by atoms with Crippen molar-refractivity contribution in [2.24, 2.45) is 5.14 Å². The van der Waals surface area contributed by atoms with Gasteiger partial charge in [0.15, 0.2) is 0 Å². The molecule has 0 amide bonds. The molecule has 72 valence electrons. The van der Waals surface area contributed by atoms with Crippen LogP contribution < -0.4 is 10.7 Å². The number of H-pyrrole nitrogens is 1. The molecule has 0 atom stereocenters. The lowest BCUT2D eigenvalue weighted by Crippen LogP contribution is -2.19. The highest BCUT2D eigenvalue weighted by Gasteiger charge is 2.07. The predicted molar refractivity (Wildman–Crippen MR) is 46.4 cm³/mol. The van der Waals surface area contributed by atoms with Gasteiger partial charge in [0, 0.05) is 11.8 Å². The molecule has 0 aromatic carbocycles. The number of hydrogen-bond acceptors (Lipinski definition) is 4. The van der Waals surface area contributed by atoms with Crippen molar-refractivity contribution in [3.63, 3.8) is 0 Å². The zero-order valence-electron chi connectivity index (χ0n) is 6.94. The summed E-state index contributed by atoms with van der Waals surface area (Å²) in [5.74, 6) is -0.392. The Kier molecular flexibility index (Phi) is 2.48. The van der Waals surface area contributed by atoms with E-state index in [0.717, 1.165) is 0 Å². The number of aromatic nitrogens is 2. The van der Waals surface area contributed by atoms with E-state index in [2.05, 4.69) is 9.97 Å². The van der Waals surface area contributed by atoms with Crippen LogP contribution in [0.25, 0.3) is 0 Å². The molecular weight excluding hydrogens is 194 g/mol. The van der Waals surface area contributed by atoms with Crippen LogP contribution in [0.2, 0.25) is 0 Å². The van der Waals surface area contributed by atoms with Crippen molar-refractivity contribution in [3.05, 3.63) is 27.9 Å². The van der Waals surface area contributed by atoms with Gasteiger partial charge in [0.25, 0.3) is 5.56 Å². The first-order valence-electron chi connectivity index (χ1n) is 3.44. The summed E-state index contributed by atoms with van der Waals surface area (Å²) in [5.41, 5.74) is 0.0774.